The van der Waals surface area contributed by atoms with E-state index < -0.39 is 10.0 Å². The minimum Gasteiger partial charge on any atom is -0.378 e. The number of ether oxygens (including phenoxy) is 1. The van der Waals surface area contributed by atoms with Crippen molar-refractivity contribution in [3.63, 3.8) is 0 Å². The molecule has 8 heteroatoms. The molecule has 2 saturated heterocycles. The molecule has 1 aromatic rings. The van der Waals surface area contributed by atoms with Crippen LogP contribution in [0.2, 0.25) is 0 Å². The molecular weight excluding hydrogens is 318 g/mol. The van der Waals surface area contributed by atoms with Crippen molar-refractivity contribution in [2.24, 2.45) is 0 Å². The monoisotopic (exact) mass is 339 g/mol. The van der Waals surface area contributed by atoms with Crippen molar-refractivity contribution < 1.29 is 17.9 Å². The molecule has 1 atom stereocenters. The van der Waals surface area contributed by atoms with Gasteiger partial charge in [-0.05, 0) is 24.6 Å². The summed E-state index contributed by atoms with van der Waals surface area (Å²) < 4.78 is 30.7. The van der Waals surface area contributed by atoms with Crippen LogP contribution < -0.4 is 14.9 Å². The second kappa shape index (κ2) is 6.86. The number of carbonyl (C=O) groups is 1. The summed E-state index contributed by atoms with van der Waals surface area (Å²) >= 11 is 0. The van der Waals surface area contributed by atoms with E-state index in [1.807, 2.05) is 0 Å². The number of amides is 1. The molecule has 1 aromatic carbocycles. The zero-order valence-electron chi connectivity index (χ0n) is 12.8. The maximum Gasteiger partial charge on any atom is 0.235 e. The lowest BCUT2D eigenvalue weighted by Gasteiger charge is -2.23. The van der Waals surface area contributed by atoms with Crippen molar-refractivity contribution >= 4 is 27.3 Å². The van der Waals surface area contributed by atoms with Crippen LogP contribution in [0.25, 0.3) is 0 Å². The molecular formula is C15H21N3O4S. The average molecular weight is 339 g/mol. The van der Waals surface area contributed by atoms with Crippen molar-refractivity contribution in [1.82, 2.24) is 5.32 Å². The number of hydrogen-bond donors (Lipinski definition) is 2. The second-order valence-corrected chi connectivity index (χ2v) is 7.78. The van der Waals surface area contributed by atoms with Crippen LogP contribution >= 0.6 is 0 Å². The van der Waals surface area contributed by atoms with Crippen LogP contribution in [0.3, 0.4) is 0 Å². The van der Waals surface area contributed by atoms with E-state index >= 15 is 0 Å². The largest absolute Gasteiger partial charge is 0.378 e. The molecule has 126 valence electrons. The van der Waals surface area contributed by atoms with E-state index in [0.717, 1.165) is 6.54 Å². The third-order valence-electron chi connectivity index (χ3n) is 3.95. The maximum atomic E-state index is 12.1. The second-order valence-electron chi connectivity index (χ2n) is 5.77. The number of nitrogens with one attached hydrogen (secondary N) is 2. The molecule has 0 radical (unpaired) electrons. The highest BCUT2D eigenvalue weighted by molar-refractivity contribution is 7.93. The number of hydrogen-bond acceptors (Lipinski definition) is 5. The molecule has 1 amide bonds. The Morgan fingerprint density at radius 1 is 1.43 bits per heavy atom. The first-order valence-electron chi connectivity index (χ1n) is 7.76. The Morgan fingerprint density at radius 3 is 3.00 bits per heavy atom. The van der Waals surface area contributed by atoms with Gasteiger partial charge in [0, 0.05) is 31.2 Å². The Balaban J connectivity index is 1.64. The van der Waals surface area contributed by atoms with Crippen LogP contribution in [0.5, 0.6) is 0 Å². The zero-order valence-corrected chi connectivity index (χ0v) is 13.6. The minimum absolute atomic E-state index is 0.0193. The van der Waals surface area contributed by atoms with E-state index in [9.17, 15) is 13.2 Å². The summed E-state index contributed by atoms with van der Waals surface area (Å²) in [5.74, 6) is 0.0612. The standard InChI is InChI=1S/C15H21N3O4S/c19-15(10-13-11-22-7-5-16-13)17-12-3-1-4-14(9-12)18-6-2-8-23(18,20)21/h1,3-4,9,13,16H,2,5-8,10-11H2,(H,17,19). The Labute approximate surface area is 136 Å². The third-order valence-corrected chi connectivity index (χ3v) is 5.82. The summed E-state index contributed by atoms with van der Waals surface area (Å²) in [6, 6.07) is 6.97. The first-order chi connectivity index (χ1) is 11.0. The predicted octanol–water partition coefficient (Wildman–Crippen LogP) is 0.543. The van der Waals surface area contributed by atoms with Gasteiger partial charge in [0.2, 0.25) is 15.9 Å². The van der Waals surface area contributed by atoms with Crippen molar-refractivity contribution in [3.05, 3.63) is 24.3 Å². The van der Waals surface area contributed by atoms with E-state index in [4.69, 9.17) is 4.74 Å². The molecule has 2 heterocycles. The summed E-state index contributed by atoms with van der Waals surface area (Å²) in [5, 5.41) is 6.05. The summed E-state index contributed by atoms with van der Waals surface area (Å²) in [7, 11) is -3.21. The van der Waals surface area contributed by atoms with E-state index in [1.165, 1.54) is 4.31 Å². The van der Waals surface area contributed by atoms with Gasteiger partial charge in [-0.1, -0.05) is 6.07 Å². The van der Waals surface area contributed by atoms with Crippen LogP contribution in [-0.2, 0) is 19.6 Å². The fourth-order valence-corrected chi connectivity index (χ4v) is 4.41. The third kappa shape index (κ3) is 4.01. The lowest BCUT2D eigenvalue weighted by Crippen LogP contribution is -2.43. The number of benzene rings is 1. The molecule has 2 N–H and O–H groups in total. The molecule has 0 aromatic heterocycles. The topological polar surface area (TPSA) is 87.7 Å². The van der Waals surface area contributed by atoms with Crippen molar-refractivity contribution in [2.75, 3.05) is 41.7 Å². The fraction of sp³-hybridized carbons (Fsp3) is 0.533. The molecule has 0 spiro atoms. The van der Waals surface area contributed by atoms with Gasteiger partial charge in [0.15, 0.2) is 0 Å². The number of rotatable bonds is 4. The van der Waals surface area contributed by atoms with Crippen molar-refractivity contribution in [2.45, 2.75) is 18.9 Å². The molecule has 7 nitrogen and oxygen atoms in total. The quantitative estimate of drug-likeness (QED) is 0.836. The number of carbonyl (C=O) groups excluding carboxylic acids is 1. The smallest absolute Gasteiger partial charge is 0.235 e. The summed E-state index contributed by atoms with van der Waals surface area (Å²) in [6.07, 6.45) is 0.957. The Morgan fingerprint density at radius 2 is 2.30 bits per heavy atom. The van der Waals surface area contributed by atoms with Crippen LogP contribution in [-0.4, -0.2) is 52.4 Å². The summed E-state index contributed by atoms with van der Waals surface area (Å²) in [5.41, 5.74) is 1.20. The van der Waals surface area contributed by atoms with Gasteiger partial charge in [0.05, 0.1) is 24.7 Å². The first kappa shape index (κ1) is 16.2. The van der Waals surface area contributed by atoms with Gasteiger partial charge in [-0.15, -0.1) is 0 Å². The van der Waals surface area contributed by atoms with Gasteiger partial charge in [0.1, 0.15) is 0 Å². The van der Waals surface area contributed by atoms with Crippen LogP contribution in [0, 0.1) is 0 Å². The number of nitrogens with zero attached hydrogens (tertiary/aromatic N) is 1. The van der Waals surface area contributed by atoms with Gasteiger partial charge in [-0.2, -0.15) is 0 Å². The fourth-order valence-electron chi connectivity index (χ4n) is 2.85. The molecule has 0 bridgehead atoms. The van der Waals surface area contributed by atoms with Crippen molar-refractivity contribution in [3.8, 4) is 0 Å². The Bertz CT molecular complexity index is 671. The van der Waals surface area contributed by atoms with Crippen LogP contribution in [0.4, 0.5) is 11.4 Å². The normalized spacial score (nSPS) is 23.7. The summed E-state index contributed by atoms with van der Waals surface area (Å²) in [4.78, 5) is 12.1. The predicted molar refractivity (Wildman–Crippen MR) is 88.0 cm³/mol. The van der Waals surface area contributed by atoms with Gasteiger partial charge in [-0.25, -0.2) is 8.42 Å². The molecule has 2 aliphatic rings. The van der Waals surface area contributed by atoms with E-state index in [1.54, 1.807) is 24.3 Å². The Hall–Kier alpha value is -1.64. The molecule has 2 fully saturated rings. The molecule has 0 aliphatic carbocycles. The molecule has 23 heavy (non-hydrogen) atoms. The molecule has 1 unspecified atom stereocenters. The van der Waals surface area contributed by atoms with Crippen LogP contribution in [0.1, 0.15) is 12.8 Å². The molecule has 2 aliphatic heterocycles. The Kier molecular flexibility index (Phi) is 4.84. The highest BCUT2D eigenvalue weighted by Gasteiger charge is 2.28. The van der Waals surface area contributed by atoms with E-state index in [0.29, 0.717) is 44.0 Å². The van der Waals surface area contributed by atoms with E-state index in [-0.39, 0.29) is 17.7 Å². The van der Waals surface area contributed by atoms with Gasteiger partial charge < -0.3 is 15.4 Å². The van der Waals surface area contributed by atoms with Crippen LogP contribution in [0.15, 0.2) is 24.3 Å². The lowest BCUT2D eigenvalue weighted by molar-refractivity contribution is -0.117. The highest BCUT2D eigenvalue weighted by Crippen LogP contribution is 2.26. The summed E-state index contributed by atoms with van der Waals surface area (Å²) in [6.45, 7) is 2.44. The molecule has 0 saturated carbocycles. The number of morpholine rings is 1. The maximum absolute atomic E-state index is 12.1. The van der Waals surface area contributed by atoms with E-state index in [2.05, 4.69) is 10.6 Å². The SMILES string of the molecule is O=C(CC1COCCN1)Nc1cccc(N2CCCS2(=O)=O)c1. The molecule has 3 rings (SSSR count). The zero-order chi connectivity index (χ0) is 16.3. The minimum atomic E-state index is -3.21. The van der Waals surface area contributed by atoms with Crippen molar-refractivity contribution in [1.29, 1.82) is 0 Å². The lowest BCUT2D eigenvalue weighted by atomic mass is 10.2. The number of anilines is 2. The van der Waals surface area contributed by atoms with Gasteiger partial charge in [-0.3, -0.25) is 9.10 Å². The van der Waals surface area contributed by atoms with Gasteiger partial charge >= 0.3 is 0 Å². The average Bonchev–Trinajstić information content (AvgIpc) is 2.88. The van der Waals surface area contributed by atoms with Gasteiger partial charge in [0.25, 0.3) is 0 Å². The number of sulfonamides is 1. The highest BCUT2D eigenvalue weighted by atomic mass is 32.2. The first-order valence-corrected chi connectivity index (χ1v) is 9.37.